The number of aromatic nitrogens is 2. The van der Waals surface area contributed by atoms with Gasteiger partial charge in [0.2, 0.25) is 11.8 Å². The van der Waals surface area contributed by atoms with Crippen molar-refractivity contribution >= 4 is 34.1 Å². The molecule has 0 unspecified atom stereocenters. The van der Waals surface area contributed by atoms with E-state index in [1.165, 1.54) is 22.8 Å². The van der Waals surface area contributed by atoms with Gasteiger partial charge in [0.25, 0.3) is 5.56 Å². The van der Waals surface area contributed by atoms with E-state index < -0.39 is 29.5 Å². The van der Waals surface area contributed by atoms with Crippen molar-refractivity contribution in [3.05, 3.63) is 106 Å². The number of nitrogens with one attached hydrogen (secondary N) is 2. The van der Waals surface area contributed by atoms with Crippen LogP contribution in [-0.4, -0.2) is 20.9 Å². The number of para-hydroxylation sites is 3. The molecule has 3 aromatic carbocycles. The van der Waals surface area contributed by atoms with E-state index in [4.69, 9.17) is 0 Å². The standard InChI is InChI=1S/C27H25FN4O4/c28-21-13-5-6-14-22(21)30-25(34)18-32-23-15-7-4-12-20(23)26(35)31(27(32)36)17-9-8-16-24(33)29-19-10-2-1-3-11-19/h1-7,10-15H,8-9,16-18H2,(H,29,33)(H,30,34). The molecule has 36 heavy (non-hydrogen) atoms. The lowest BCUT2D eigenvalue weighted by Crippen LogP contribution is -2.41. The van der Waals surface area contributed by atoms with Crippen molar-refractivity contribution in [2.45, 2.75) is 32.4 Å². The lowest BCUT2D eigenvalue weighted by Gasteiger charge is -2.14. The van der Waals surface area contributed by atoms with E-state index in [1.54, 1.807) is 42.5 Å². The van der Waals surface area contributed by atoms with E-state index in [9.17, 15) is 23.6 Å². The number of halogens is 1. The number of fused-ring (bicyclic) bond motifs is 1. The average Bonchev–Trinajstić information content (AvgIpc) is 2.88. The van der Waals surface area contributed by atoms with Gasteiger partial charge in [0.15, 0.2) is 0 Å². The molecule has 0 saturated heterocycles. The summed E-state index contributed by atoms with van der Waals surface area (Å²) in [6, 6.07) is 21.3. The fourth-order valence-electron chi connectivity index (χ4n) is 3.92. The minimum absolute atomic E-state index is 0.00181. The summed E-state index contributed by atoms with van der Waals surface area (Å²) in [4.78, 5) is 51.0. The number of anilines is 2. The Morgan fingerprint density at radius 2 is 1.44 bits per heavy atom. The van der Waals surface area contributed by atoms with E-state index >= 15 is 0 Å². The van der Waals surface area contributed by atoms with Gasteiger partial charge < -0.3 is 10.6 Å². The molecular formula is C27H25FN4O4. The zero-order valence-corrected chi connectivity index (χ0v) is 19.4. The van der Waals surface area contributed by atoms with Gasteiger partial charge in [0.05, 0.1) is 16.6 Å². The minimum atomic E-state index is -0.642. The number of unbranched alkanes of at least 4 members (excludes halogenated alkanes) is 1. The summed E-state index contributed by atoms with van der Waals surface area (Å²) in [5.74, 6) is -1.35. The molecular weight excluding hydrogens is 463 g/mol. The number of amides is 2. The normalized spacial score (nSPS) is 10.8. The Morgan fingerprint density at radius 3 is 2.22 bits per heavy atom. The number of rotatable bonds is 9. The van der Waals surface area contributed by atoms with Gasteiger partial charge in [0.1, 0.15) is 12.4 Å². The Morgan fingerprint density at radius 1 is 0.750 bits per heavy atom. The van der Waals surface area contributed by atoms with Crippen LogP contribution in [0.4, 0.5) is 15.8 Å². The zero-order valence-electron chi connectivity index (χ0n) is 19.4. The van der Waals surface area contributed by atoms with Crippen LogP contribution in [0.3, 0.4) is 0 Å². The molecule has 8 nitrogen and oxygen atoms in total. The molecule has 0 saturated carbocycles. The second-order valence-electron chi connectivity index (χ2n) is 8.24. The minimum Gasteiger partial charge on any atom is -0.326 e. The van der Waals surface area contributed by atoms with Crippen molar-refractivity contribution in [3.63, 3.8) is 0 Å². The summed E-state index contributed by atoms with van der Waals surface area (Å²) in [5, 5.41) is 5.55. The van der Waals surface area contributed by atoms with Crippen molar-refractivity contribution in [1.29, 1.82) is 0 Å². The van der Waals surface area contributed by atoms with E-state index in [2.05, 4.69) is 10.6 Å². The van der Waals surface area contributed by atoms with Crippen molar-refractivity contribution in [2.75, 3.05) is 10.6 Å². The molecule has 2 amide bonds. The third-order valence-corrected chi connectivity index (χ3v) is 5.67. The van der Waals surface area contributed by atoms with E-state index in [0.29, 0.717) is 24.0 Å². The first kappa shape index (κ1) is 24.6. The number of benzene rings is 3. The third kappa shape index (κ3) is 5.75. The Kier molecular flexibility index (Phi) is 7.69. The Balaban J connectivity index is 1.49. The summed E-state index contributed by atoms with van der Waals surface area (Å²) in [5.41, 5.74) is -0.0901. The summed E-state index contributed by atoms with van der Waals surface area (Å²) < 4.78 is 16.2. The highest BCUT2D eigenvalue weighted by Gasteiger charge is 2.16. The summed E-state index contributed by atoms with van der Waals surface area (Å²) >= 11 is 0. The first-order valence-corrected chi connectivity index (χ1v) is 11.6. The molecule has 1 heterocycles. The van der Waals surface area contributed by atoms with Crippen molar-refractivity contribution < 1.29 is 14.0 Å². The van der Waals surface area contributed by atoms with Gasteiger partial charge in [-0.15, -0.1) is 0 Å². The number of carbonyl (C=O) groups excluding carboxylic acids is 2. The summed E-state index contributed by atoms with van der Waals surface area (Å²) in [7, 11) is 0. The Labute approximate surface area is 206 Å². The van der Waals surface area contributed by atoms with Crippen LogP contribution in [0.15, 0.2) is 88.5 Å². The number of hydrogen-bond donors (Lipinski definition) is 2. The number of carbonyl (C=O) groups is 2. The van der Waals surface area contributed by atoms with Crippen LogP contribution < -0.4 is 21.9 Å². The third-order valence-electron chi connectivity index (χ3n) is 5.67. The number of nitrogens with zero attached hydrogens (tertiary/aromatic N) is 2. The first-order valence-electron chi connectivity index (χ1n) is 11.6. The highest BCUT2D eigenvalue weighted by Crippen LogP contribution is 2.13. The smallest absolute Gasteiger partial charge is 0.326 e. The van der Waals surface area contributed by atoms with E-state index in [-0.39, 0.29) is 29.9 Å². The molecule has 4 aromatic rings. The molecule has 0 atom stereocenters. The molecule has 0 fully saturated rings. The van der Waals surface area contributed by atoms with Crippen molar-refractivity contribution in [2.24, 2.45) is 0 Å². The fourth-order valence-corrected chi connectivity index (χ4v) is 3.92. The van der Waals surface area contributed by atoms with Crippen molar-refractivity contribution in [3.8, 4) is 0 Å². The Hall–Kier alpha value is -4.53. The lowest BCUT2D eigenvalue weighted by atomic mass is 10.2. The van der Waals surface area contributed by atoms with E-state index in [1.807, 2.05) is 18.2 Å². The van der Waals surface area contributed by atoms with Gasteiger partial charge in [-0.3, -0.25) is 23.5 Å². The fraction of sp³-hybridized carbons (Fsp3) is 0.185. The molecule has 0 bridgehead atoms. The van der Waals surface area contributed by atoms with Crippen LogP contribution in [0.2, 0.25) is 0 Å². The summed E-state index contributed by atoms with van der Waals surface area (Å²) in [6.07, 6.45) is 1.11. The van der Waals surface area contributed by atoms with Gasteiger partial charge in [-0.25, -0.2) is 9.18 Å². The largest absolute Gasteiger partial charge is 0.331 e. The van der Waals surface area contributed by atoms with Gasteiger partial charge in [-0.1, -0.05) is 42.5 Å². The van der Waals surface area contributed by atoms with E-state index in [0.717, 1.165) is 4.57 Å². The Bertz CT molecular complexity index is 1510. The van der Waals surface area contributed by atoms with Crippen LogP contribution in [0.25, 0.3) is 10.9 Å². The molecule has 0 radical (unpaired) electrons. The molecule has 2 N–H and O–H groups in total. The maximum absolute atomic E-state index is 13.9. The predicted octanol–water partition coefficient (Wildman–Crippen LogP) is 3.75. The zero-order chi connectivity index (χ0) is 25.5. The highest BCUT2D eigenvalue weighted by molar-refractivity contribution is 5.92. The quantitative estimate of drug-likeness (QED) is 0.350. The molecule has 9 heteroatoms. The second kappa shape index (κ2) is 11.3. The van der Waals surface area contributed by atoms with Crippen LogP contribution in [0, 0.1) is 5.82 Å². The maximum atomic E-state index is 13.9. The summed E-state index contributed by atoms with van der Waals surface area (Å²) in [6.45, 7) is -0.302. The molecule has 0 aliphatic carbocycles. The molecule has 4 rings (SSSR count). The van der Waals surface area contributed by atoms with Gasteiger partial charge in [-0.05, 0) is 49.2 Å². The average molecular weight is 489 g/mol. The van der Waals surface area contributed by atoms with Gasteiger partial charge in [0, 0.05) is 18.7 Å². The lowest BCUT2D eigenvalue weighted by molar-refractivity contribution is -0.117. The second-order valence-corrected chi connectivity index (χ2v) is 8.24. The first-order chi connectivity index (χ1) is 17.4. The van der Waals surface area contributed by atoms with Gasteiger partial charge >= 0.3 is 5.69 Å². The molecule has 184 valence electrons. The van der Waals surface area contributed by atoms with Gasteiger partial charge in [-0.2, -0.15) is 0 Å². The predicted molar refractivity (Wildman–Crippen MR) is 136 cm³/mol. The monoisotopic (exact) mass is 488 g/mol. The molecule has 1 aromatic heterocycles. The van der Waals surface area contributed by atoms with Crippen LogP contribution in [0.5, 0.6) is 0 Å². The van der Waals surface area contributed by atoms with Crippen molar-refractivity contribution in [1.82, 2.24) is 9.13 Å². The SMILES string of the molecule is O=C(CCCCn1c(=O)c2ccccc2n(CC(=O)Nc2ccccc2F)c1=O)Nc1ccccc1. The molecule has 0 aliphatic heterocycles. The van der Waals surface area contributed by atoms with Crippen LogP contribution in [0.1, 0.15) is 19.3 Å². The highest BCUT2D eigenvalue weighted by atomic mass is 19.1. The molecule has 0 aliphatic rings. The number of hydrogen-bond acceptors (Lipinski definition) is 4. The van der Waals surface area contributed by atoms with Crippen LogP contribution in [-0.2, 0) is 22.7 Å². The van der Waals surface area contributed by atoms with Crippen LogP contribution >= 0.6 is 0 Å². The molecule has 0 spiro atoms. The maximum Gasteiger partial charge on any atom is 0.331 e. The topological polar surface area (TPSA) is 102 Å².